The van der Waals surface area contributed by atoms with Crippen molar-refractivity contribution in [3.05, 3.63) is 64.1 Å². The molecule has 2 heterocycles. The van der Waals surface area contributed by atoms with Crippen LogP contribution < -0.4 is 4.90 Å². The third-order valence-electron chi connectivity index (χ3n) is 4.66. The second kappa shape index (κ2) is 7.71. The highest BCUT2D eigenvalue weighted by Gasteiger charge is 2.50. The Morgan fingerprint density at radius 1 is 1.07 bits per heavy atom. The van der Waals surface area contributed by atoms with Gasteiger partial charge in [0.05, 0.1) is 39.7 Å². The molecule has 146 valence electrons. The first-order valence-electron chi connectivity index (χ1n) is 8.60. The number of amidine groups is 1. The van der Waals surface area contributed by atoms with Gasteiger partial charge in [0.25, 0.3) is 5.91 Å². The van der Waals surface area contributed by atoms with Crippen molar-refractivity contribution < 1.29 is 13.2 Å². The number of aliphatic imine (C=N–C) groups is 1. The number of carbonyl (C=O) groups excluding carboxylic acids is 1. The molecule has 0 radical (unpaired) electrons. The van der Waals surface area contributed by atoms with Gasteiger partial charge in [0.1, 0.15) is 0 Å². The highest BCUT2D eigenvalue weighted by atomic mass is 35.5. The molecule has 2 atom stereocenters. The van der Waals surface area contributed by atoms with Gasteiger partial charge in [-0.1, -0.05) is 71.4 Å². The minimum absolute atomic E-state index is 0.0158. The van der Waals surface area contributed by atoms with Crippen molar-refractivity contribution >= 4 is 61.6 Å². The van der Waals surface area contributed by atoms with Crippen LogP contribution in [0, 0.1) is 0 Å². The molecule has 2 aliphatic heterocycles. The van der Waals surface area contributed by atoms with Crippen LogP contribution in [0.2, 0.25) is 10.0 Å². The molecule has 0 aliphatic carbocycles. The van der Waals surface area contributed by atoms with Crippen LogP contribution in [0.4, 0.5) is 5.69 Å². The van der Waals surface area contributed by atoms with E-state index >= 15 is 0 Å². The maximum atomic E-state index is 12.6. The molecule has 2 fully saturated rings. The lowest BCUT2D eigenvalue weighted by Crippen LogP contribution is -2.38. The summed E-state index contributed by atoms with van der Waals surface area (Å²) in [5.74, 6) is -0.269. The summed E-state index contributed by atoms with van der Waals surface area (Å²) in [5, 5.41) is 1.02. The fraction of sp³-hybridized carbons (Fsp3) is 0.263. The smallest absolute Gasteiger partial charge is 0.252 e. The summed E-state index contributed by atoms with van der Waals surface area (Å²) in [6.07, 6.45) is 0.169. The Morgan fingerprint density at radius 2 is 1.75 bits per heavy atom. The average Bonchev–Trinajstić information content (AvgIpc) is 3.07. The molecule has 9 heteroatoms. The summed E-state index contributed by atoms with van der Waals surface area (Å²) in [6, 6.07) is 14.1. The molecule has 1 amide bonds. The first-order chi connectivity index (χ1) is 13.3. The molecule has 0 N–H and O–H groups in total. The summed E-state index contributed by atoms with van der Waals surface area (Å²) in [6.45, 7) is 0. The van der Waals surface area contributed by atoms with Crippen LogP contribution in [0.25, 0.3) is 0 Å². The molecule has 2 aromatic rings. The number of benzene rings is 2. The molecule has 2 unspecified atom stereocenters. The molecular weight excluding hydrogens is 439 g/mol. The Bertz CT molecular complexity index is 1040. The van der Waals surface area contributed by atoms with Crippen LogP contribution in [0.3, 0.4) is 0 Å². The third-order valence-corrected chi connectivity index (χ3v) is 8.48. The third kappa shape index (κ3) is 3.94. The zero-order valence-electron chi connectivity index (χ0n) is 14.6. The van der Waals surface area contributed by atoms with Crippen molar-refractivity contribution in [2.24, 2.45) is 4.99 Å². The average molecular weight is 455 g/mol. The number of thioether (sulfide) groups is 1. The number of halogens is 2. The van der Waals surface area contributed by atoms with Crippen LogP contribution in [0.5, 0.6) is 0 Å². The number of amides is 1. The molecule has 2 aromatic carbocycles. The Labute approximate surface area is 177 Å². The van der Waals surface area contributed by atoms with Crippen molar-refractivity contribution in [2.45, 2.75) is 17.7 Å². The van der Waals surface area contributed by atoms with E-state index in [1.807, 2.05) is 30.3 Å². The largest absolute Gasteiger partial charge is 0.313 e. The summed E-state index contributed by atoms with van der Waals surface area (Å²) in [7, 11) is -3.16. The van der Waals surface area contributed by atoms with Crippen LogP contribution in [0.15, 0.2) is 53.5 Å². The number of para-hydroxylation sites is 1. The normalized spacial score (nSPS) is 24.5. The van der Waals surface area contributed by atoms with Crippen molar-refractivity contribution in [3.8, 4) is 0 Å². The zero-order valence-corrected chi connectivity index (χ0v) is 17.7. The molecule has 2 saturated heterocycles. The monoisotopic (exact) mass is 454 g/mol. The Kier molecular flexibility index (Phi) is 5.44. The molecule has 0 aromatic heterocycles. The number of nitrogens with zero attached hydrogens (tertiary/aromatic N) is 2. The molecule has 4 rings (SSSR count). The number of carbonyl (C=O) groups is 1. The molecule has 2 aliphatic rings. The second-order valence-electron chi connectivity index (χ2n) is 6.69. The van der Waals surface area contributed by atoms with Gasteiger partial charge in [-0.2, -0.15) is 4.99 Å². The van der Waals surface area contributed by atoms with Gasteiger partial charge in [0, 0.05) is 5.25 Å². The van der Waals surface area contributed by atoms with E-state index in [2.05, 4.69) is 4.99 Å². The van der Waals surface area contributed by atoms with E-state index in [0.717, 1.165) is 5.56 Å². The molecule has 0 spiro atoms. The van der Waals surface area contributed by atoms with E-state index in [1.165, 1.54) is 11.8 Å². The van der Waals surface area contributed by atoms with E-state index in [1.54, 1.807) is 23.1 Å². The maximum absolute atomic E-state index is 12.6. The summed E-state index contributed by atoms with van der Waals surface area (Å²) in [5.41, 5.74) is 1.36. The van der Waals surface area contributed by atoms with Gasteiger partial charge in [-0.3, -0.25) is 4.79 Å². The SMILES string of the molecule is O=C(Cc1ccccc1)N=C1SC2CS(=O)(=O)CC2N1c1c(Cl)cccc1Cl. The minimum Gasteiger partial charge on any atom is -0.313 e. The fourth-order valence-electron chi connectivity index (χ4n) is 3.46. The summed E-state index contributed by atoms with van der Waals surface area (Å²) in [4.78, 5) is 18.6. The van der Waals surface area contributed by atoms with Crippen LogP contribution in [0.1, 0.15) is 5.56 Å². The van der Waals surface area contributed by atoms with E-state index in [-0.39, 0.29) is 35.1 Å². The lowest BCUT2D eigenvalue weighted by Gasteiger charge is -2.26. The van der Waals surface area contributed by atoms with Crippen molar-refractivity contribution in [1.29, 1.82) is 0 Å². The molecule has 0 saturated carbocycles. The van der Waals surface area contributed by atoms with Gasteiger partial charge < -0.3 is 4.90 Å². The van der Waals surface area contributed by atoms with Crippen LogP contribution in [-0.4, -0.2) is 42.3 Å². The Morgan fingerprint density at radius 3 is 2.43 bits per heavy atom. The van der Waals surface area contributed by atoms with Gasteiger partial charge in [-0.25, -0.2) is 8.42 Å². The van der Waals surface area contributed by atoms with Gasteiger partial charge in [0.2, 0.25) is 0 Å². The lowest BCUT2D eigenvalue weighted by molar-refractivity contribution is -0.117. The van der Waals surface area contributed by atoms with E-state index in [4.69, 9.17) is 23.2 Å². The number of rotatable bonds is 3. The van der Waals surface area contributed by atoms with Crippen LogP contribution >= 0.6 is 35.0 Å². The van der Waals surface area contributed by atoms with E-state index < -0.39 is 9.84 Å². The minimum atomic E-state index is -3.16. The van der Waals surface area contributed by atoms with Crippen molar-refractivity contribution in [1.82, 2.24) is 0 Å². The molecule has 5 nitrogen and oxygen atoms in total. The van der Waals surface area contributed by atoms with Gasteiger partial charge >= 0.3 is 0 Å². The van der Waals surface area contributed by atoms with E-state index in [0.29, 0.717) is 20.9 Å². The molecule has 28 heavy (non-hydrogen) atoms. The first-order valence-corrected chi connectivity index (χ1v) is 12.1. The number of fused-ring (bicyclic) bond motifs is 1. The predicted molar refractivity (Wildman–Crippen MR) is 115 cm³/mol. The fourth-order valence-corrected chi connectivity index (χ4v) is 7.96. The summed E-state index contributed by atoms with van der Waals surface area (Å²) >= 11 is 14.1. The number of anilines is 1. The zero-order chi connectivity index (χ0) is 19.9. The maximum Gasteiger partial charge on any atom is 0.252 e. The molecule has 0 bridgehead atoms. The van der Waals surface area contributed by atoms with Crippen LogP contribution in [-0.2, 0) is 21.1 Å². The first kappa shape index (κ1) is 19.8. The number of hydrogen-bond acceptors (Lipinski definition) is 4. The van der Waals surface area contributed by atoms with Crippen molar-refractivity contribution in [2.75, 3.05) is 16.4 Å². The highest BCUT2D eigenvalue weighted by molar-refractivity contribution is 8.16. The predicted octanol–water partition coefficient (Wildman–Crippen LogP) is 3.84. The van der Waals surface area contributed by atoms with E-state index in [9.17, 15) is 13.2 Å². The summed E-state index contributed by atoms with van der Waals surface area (Å²) < 4.78 is 24.3. The molecular formula is C19H16Cl2N2O3S2. The highest BCUT2D eigenvalue weighted by Crippen LogP contribution is 2.45. The standard InChI is InChI=1S/C19H16Cl2N2O3S2/c20-13-7-4-8-14(21)18(13)23-15-10-28(25,26)11-16(15)27-19(23)22-17(24)9-12-5-2-1-3-6-12/h1-8,15-16H,9-11H2. The van der Waals surface area contributed by atoms with Gasteiger partial charge in [-0.05, 0) is 17.7 Å². The van der Waals surface area contributed by atoms with Crippen molar-refractivity contribution in [3.63, 3.8) is 0 Å². The Balaban J connectivity index is 1.71. The Hall–Kier alpha value is -1.54. The quantitative estimate of drug-likeness (QED) is 0.704. The number of hydrogen-bond donors (Lipinski definition) is 0. The lowest BCUT2D eigenvalue weighted by atomic mass is 10.1. The second-order valence-corrected chi connectivity index (χ2v) is 10.9. The van der Waals surface area contributed by atoms with Gasteiger partial charge in [0.15, 0.2) is 15.0 Å². The number of sulfone groups is 1. The topological polar surface area (TPSA) is 66.8 Å². The van der Waals surface area contributed by atoms with Gasteiger partial charge in [-0.15, -0.1) is 0 Å².